The lowest BCUT2D eigenvalue weighted by Gasteiger charge is -2.13. The van der Waals surface area contributed by atoms with Gasteiger partial charge in [0.15, 0.2) is 5.13 Å². The van der Waals surface area contributed by atoms with E-state index in [1.54, 1.807) is 32.0 Å². The number of nitrogens with one attached hydrogen (secondary N) is 1. The van der Waals surface area contributed by atoms with Crippen LogP contribution in [0.2, 0.25) is 0 Å². The van der Waals surface area contributed by atoms with Crippen molar-refractivity contribution in [3.8, 4) is 16.3 Å². The van der Waals surface area contributed by atoms with E-state index in [0.29, 0.717) is 22.3 Å². The van der Waals surface area contributed by atoms with Crippen molar-refractivity contribution in [1.82, 2.24) is 9.97 Å². The molecule has 7 nitrogen and oxygen atoms in total. The first-order valence-corrected chi connectivity index (χ1v) is 10.4. The van der Waals surface area contributed by atoms with Crippen LogP contribution >= 0.6 is 11.3 Å². The molecule has 3 aromatic rings. The minimum absolute atomic E-state index is 0.194. The molecule has 3 N–H and O–H groups in total. The third-order valence-corrected chi connectivity index (χ3v) is 6.59. The van der Waals surface area contributed by atoms with Crippen molar-refractivity contribution >= 4 is 32.2 Å². The van der Waals surface area contributed by atoms with Gasteiger partial charge in [0.05, 0.1) is 34.5 Å². The second-order valence-corrected chi connectivity index (χ2v) is 8.78. The third-order valence-electron chi connectivity index (χ3n) is 4.03. The Balaban J connectivity index is 2.00. The normalized spacial score (nSPS) is 11.4. The zero-order valence-electron chi connectivity index (χ0n) is 15.4. The van der Waals surface area contributed by atoms with Gasteiger partial charge in [0, 0.05) is 5.56 Å². The summed E-state index contributed by atoms with van der Waals surface area (Å²) in [5.41, 5.74) is 9.05. The van der Waals surface area contributed by atoms with Crippen molar-refractivity contribution in [1.29, 1.82) is 0 Å². The van der Waals surface area contributed by atoms with Crippen molar-refractivity contribution in [2.75, 3.05) is 17.6 Å². The topological polar surface area (TPSA) is 107 Å². The molecular formula is C18H20N4O3S2. The highest BCUT2D eigenvalue weighted by molar-refractivity contribution is 7.92. The standard InChI is InChI=1S/C18H20N4O3S2/c1-10-5-6-13(16-12(3)21-18(19)26-16)8-15(10)27(23,24)22-14-7-11(2)17(25-4)20-9-14/h5-9,22H,1-4H3,(H2,19,21). The molecule has 142 valence electrons. The Morgan fingerprint density at radius 2 is 1.89 bits per heavy atom. The highest BCUT2D eigenvalue weighted by Gasteiger charge is 2.20. The minimum atomic E-state index is -3.79. The fourth-order valence-corrected chi connectivity index (χ4v) is 4.89. The van der Waals surface area contributed by atoms with E-state index in [1.165, 1.54) is 24.6 Å². The maximum Gasteiger partial charge on any atom is 0.262 e. The Labute approximate surface area is 162 Å². The minimum Gasteiger partial charge on any atom is -0.481 e. The van der Waals surface area contributed by atoms with Crippen LogP contribution in [0.3, 0.4) is 0 Å². The summed E-state index contributed by atoms with van der Waals surface area (Å²) in [5, 5.41) is 0.449. The summed E-state index contributed by atoms with van der Waals surface area (Å²) in [7, 11) is -2.28. The molecule has 0 aliphatic carbocycles. The average molecular weight is 405 g/mol. The molecule has 0 atom stereocenters. The highest BCUT2D eigenvalue weighted by atomic mass is 32.2. The molecule has 0 saturated carbocycles. The zero-order valence-corrected chi connectivity index (χ0v) is 17.0. The van der Waals surface area contributed by atoms with Gasteiger partial charge in [0.2, 0.25) is 5.88 Å². The summed E-state index contributed by atoms with van der Waals surface area (Å²) in [4.78, 5) is 9.36. The van der Waals surface area contributed by atoms with Crippen molar-refractivity contribution < 1.29 is 13.2 Å². The van der Waals surface area contributed by atoms with Crippen LogP contribution in [0.25, 0.3) is 10.4 Å². The molecule has 0 saturated heterocycles. The average Bonchev–Trinajstić information content (AvgIpc) is 2.93. The van der Waals surface area contributed by atoms with E-state index in [1.807, 2.05) is 13.0 Å². The van der Waals surface area contributed by atoms with Crippen LogP contribution < -0.4 is 15.2 Å². The summed E-state index contributed by atoms with van der Waals surface area (Å²) in [6.45, 7) is 5.40. The number of methoxy groups -OCH3 is 1. The number of rotatable bonds is 5. The molecule has 0 bridgehead atoms. The van der Waals surface area contributed by atoms with Crippen LogP contribution in [0.4, 0.5) is 10.8 Å². The van der Waals surface area contributed by atoms with Crippen molar-refractivity contribution in [2.24, 2.45) is 0 Å². The molecule has 0 aliphatic heterocycles. The van der Waals surface area contributed by atoms with Gasteiger partial charge in [-0.05, 0) is 44.0 Å². The third kappa shape index (κ3) is 3.88. The number of hydrogen-bond acceptors (Lipinski definition) is 7. The number of aryl methyl sites for hydroxylation is 3. The monoisotopic (exact) mass is 404 g/mol. The molecule has 2 heterocycles. The lowest BCUT2D eigenvalue weighted by molar-refractivity contribution is 0.395. The molecule has 1 aromatic carbocycles. The number of pyridine rings is 1. The number of sulfonamides is 1. The smallest absolute Gasteiger partial charge is 0.262 e. The second kappa shape index (κ2) is 7.16. The first-order chi connectivity index (χ1) is 12.7. The molecular weight excluding hydrogens is 384 g/mol. The lowest BCUT2D eigenvalue weighted by atomic mass is 10.1. The quantitative estimate of drug-likeness (QED) is 0.674. The number of thiazole rings is 1. The largest absolute Gasteiger partial charge is 0.481 e. The lowest BCUT2D eigenvalue weighted by Crippen LogP contribution is -2.14. The Hall–Kier alpha value is -2.65. The molecule has 0 unspecified atom stereocenters. The van der Waals surface area contributed by atoms with Crippen LogP contribution in [0.15, 0.2) is 35.4 Å². The Kier molecular flexibility index (Phi) is 5.07. The van der Waals surface area contributed by atoms with Crippen LogP contribution in [0, 0.1) is 20.8 Å². The molecule has 2 aromatic heterocycles. The summed E-state index contributed by atoms with van der Waals surface area (Å²) in [5.74, 6) is 0.453. The maximum absolute atomic E-state index is 13.0. The number of nitrogen functional groups attached to an aromatic ring is 1. The van der Waals surface area contributed by atoms with E-state index in [-0.39, 0.29) is 4.90 Å². The molecule has 27 heavy (non-hydrogen) atoms. The van der Waals surface area contributed by atoms with Crippen LogP contribution in [0.1, 0.15) is 16.8 Å². The first-order valence-electron chi connectivity index (χ1n) is 8.08. The van der Waals surface area contributed by atoms with Gasteiger partial charge in [0.25, 0.3) is 10.0 Å². The number of ether oxygens (including phenoxy) is 1. The SMILES string of the molecule is COc1ncc(NS(=O)(=O)c2cc(-c3sc(N)nc3C)ccc2C)cc1C. The van der Waals surface area contributed by atoms with Crippen LogP contribution in [0.5, 0.6) is 5.88 Å². The van der Waals surface area contributed by atoms with Gasteiger partial charge in [-0.3, -0.25) is 4.72 Å². The summed E-state index contributed by atoms with van der Waals surface area (Å²) < 4.78 is 33.6. The van der Waals surface area contributed by atoms with Gasteiger partial charge >= 0.3 is 0 Å². The van der Waals surface area contributed by atoms with Crippen LogP contribution in [-0.4, -0.2) is 25.5 Å². The molecule has 0 aliphatic rings. The number of anilines is 2. The van der Waals surface area contributed by atoms with Gasteiger partial charge in [-0.2, -0.15) is 0 Å². The molecule has 0 spiro atoms. The molecule has 0 fully saturated rings. The Morgan fingerprint density at radius 1 is 1.15 bits per heavy atom. The molecule has 0 radical (unpaired) electrons. The summed E-state index contributed by atoms with van der Waals surface area (Å²) in [6, 6.07) is 6.96. The fraction of sp³-hybridized carbons (Fsp3) is 0.222. The van der Waals surface area contributed by atoms with E-state index >= 15 is 0 Å². The van der Waals surface area contributed by atoms with Crippen molar-refractivity contribution in [3.63, 3.8) is 0 Å². The van der Waals surface area contributed by atoms with E-state index in [2.05, 4.69) is 14.7 Å². The van der Waals surface area contributed by atoms with E-state index < -0.39 is 10.0 Å². The number of aromatic nitrogens is 2. The van der Waals surface area contributed by atoms with Crippen LogP contribution in [-0.2, 0) is 10.0 Å². The summed E-state index contributed by atoms with van der Waals surface area (Å²) in [6.07, 6.45) is 1.43. The Bertz CT molecular complexity index is 1110. The number of hydrogen-bond donors (Lipinski definition) is 2. The van der Waals surface area contributed by atoms with Gasteiger partial charge < -0.3 is 10.5 Å². The second-order valence-electron chi connectivity index (χ2n) is 6.10. The number of benzene rings is 1. The highest BCUT2D eigenvalue weighted by Crippen LogP contribution is 2.33. The predicted octanol–water partition coefficient (Wildman–Crippen LogP) is 3.52. The van der Waals surface area contributed by atoms with Crippen molar-refractivity contribution in [3.05, 3.63) is 47.3 Å². The predicted molar refractivity (Wildman–Crippen MR) is 108 cm³/mol. The van der Waals surface area contributed by atoms with Gasteiger partial charge in [0.1, 0.15) is 0 Å². The summed E-state index contributed by atoms with van der Waals surface area (Å²) >= 11 is 1.33. The van der Waals surface area contributed by atoms with Gasteiger partial charge in [-0.25, -0.2) is 18.4 Å². The number of nitrogens with two attached hydrogens (primary N) is 1. The van der Waals surface area contributed by atoms with Gasteiger partial charge in [-0.15, -0.1) is 0 Å². The zero-order chi connectivity index (χ0) is 19.8. The Morgan fingerprint density at radius 3 is 2.48 bits per heavy atom. The number of nitrogens with zero attached hydrogens (tertiary/aromatic N) is 2. The maximum atomic E-state index is 13.0. The van der Waals surface area contributed by atoms with Gasteiger partial charge in [-0.1, -0.05) is 23.5 Å². The molecule has 9 heteroatoms. The molecule has 0 amide bonds. The fourth-order valence-electron chi connectivity index (χ4n) is 2.76. The van der Waals surface area contributed by atoms with E-state index in [4.69, 9.17) is 10.5 Å². The van der Waals surface area contributed by atoms with E-state index in [0.717, 1.165) is 21.7 Å². The van der Waals surface area contributed by atoms with Crippen molar-refractivity contribution in [2.45, 2.75) is 25.7 Å². The first kappa shape index (κ1) is 19.1. The van der Waals surface area contributed by atoms with E-state index in [9.17, 15) is 8.42 Å². The molecule has 3 rings (SSSR count).